The molecule has 4 nitrogen and oxygen atoms in total. The van der Waals surface area contributed by atoms with Gasteiger partial charge in [0.2, 0.25) is 0 Å². The molecule has 0 saturated heterocycles. The molecule has 0 unspecified atom stereocenters. The molecule has 1 aromatic heterocycles. The van der Waals surface area contributed by atoms with Crippen LogP contribution in [-0.2, 0) is 17.8 Å². The molecular weight excluding hydrogens is 228 g/mol. The second-order valence-corrected chi connectivity index (χ2v) is 4.28. The molecular formula is C14H20N2O2. The second-order valence-electron chi connectivity index (χ2n) is 4.28. The van der Waals surface area contributed by atoms with Gasteiger partial charge in [-0.25, -0.2) is 4.79 Å². The summed E-state index contributed by atoms with van der Waals surface area (Å²) in [6.07, 6.45) is 1.01. The summed E-state index contributed by atoms with van der Waals surface area (Å²) in [5, 5.41) is 0. The second kappa shape index (κ2) is 5.87. The predicted octanol–water partition coefficient (Wildman–Crippen LogP) is 2.25. The largest absolute Gasteiger partial charge is 0.380 e. The van der Waals surface area contributed by atoms with Gasteiger partial charge in [0.1, 0.15) is 0 Å². The van der Waals surface area contributed by atoms with Crippen LogP contribution in [0.15, 0.2) is 29.1 Å². The van der Waals surface area contributed by atoms with Gasteiger partial charge in [-0.1, -0.05) is 19.1 Å². The molecule has 1 aromatic carbocycles. The van der Waals surface area contributed by atoms with E-state index >= 15 is 0 Å². The van der Waals surface area contributed by atoms with E-state index in [1.54, 1.807) is 9.13 Å². The lowest BCUT2D eigenvalue weighted by atomic mass is 10.3. The van der Waals surface area contributed by atoms with Crippen LogP contribution in [0.5, 0.6) is 0 Å². The highest BCUT2D eigenvalue weighted by molar-refractivity contribution is 5.75. The van der Waals surface area contributed by atoms with E-state index in [1.807, 2.05) is 31.2 Å². The molecule has 0 bridgehead atoms. The van der Waals surface area contributed by atoms with Crippen LogP contribution in [0.4, 0.5) is 0 Å². The summed E-state index contributed by atoms with van der Waals surface area (Å²) in [6, 6.07) is 7.91. The van der Waals surface area contributed by atoms with Gasteiger partial charge in [-0.2, -0.15) is 0 Å². The lowest BCUT2D eigenvalue weighted by molar-refractivity contribution is 0.127. The fourth-order valence-electron chi connectivity index (χ4n) is 2.20. The van der Waals surface area contributed by atoms with Crippen molar-refractivity contribution < 1.29 is 4.74 Å². The number of imidazole rings is 1. The van der Waals surface area contributed by atoms with Crippen LogP contribution in [0.25, 0.3) is 11.0 Å². The molecule has 1 heterocycles. The minimum Gasteiger partial charge on any atom is -0.380 e. The first kappa shape index (κ1) is 12.9. The van der Waals surface area contributed by atoms with Crippen LogP contribution < -0.4 is 5.69 Å². The molecule has 2 rings (SSSR count). The molecule has 0 aliphatic heterocycles. The Morgan fingerprint density at radius 1 is 1.06 bits per heavy atom. The number of rotatable bonds is 6. The van der Waals surface area contributed by atoms with Crippen LogP contribution in [0.1, 0.15) is 20.3 Å². The molecule has 0 amide bonds. The third-order valence-corrected chi connectivity index (χ3v) is 3.05. The third-order valence-electron chi connectivity index (χ3n) is 3.05. The Bertz CT molecular complexity index is 569. The Hall–Kier alpha value is -1.55. The average molecular weight is 248 g/mol. The van der Waals surface area contributed by atoms with Crippen molar-refractivity contribution >= 4 is 11.0 Å². The number of hydrogen-bond donors (Lipinski definition) is 0. The fraction of sp³-hybridized carbons (Fsp3) is 0.500. The van der Waals surface area contributed by atoms with Crippen molar-refractivity contribution in [1.82, 2.24) is 9.13 Å². The van der Waals surface area contributed by atoms with Gasteiger partial charge < -0.3 is 4.74 Å². The van der Waals surface area contributed by atoms with Crippen molar-refractivity contribution in [3.63, 3.8) is 0 Å². The van der Waals surface area contributed by atoms with Gasteiger partial charge in [-0.3, -0.25) is 9.13 Å². The molecule has 0 atom stereocenters. The van der Waals surface area contributed by atoms with Gasteiger partial charge in [0.15, 0.2) is 0 Å². The number of nitrogens with zero attached hydrogens (tertiary/aromatic N) is 2. The molecule has 0 fully saturated rings. The first-order valence-corrected chi connectivity index (χ1v) is 6.55. The number of benzene rings is 1. The number of aryl methyl sites for hydroxylation is 1. The zero-order chi connectivity index (χ0) is 13.0. The van der Waals surface area contributed by atoms with Crippen LogP contribution >= 0.6 is 0 Å². The minimum absolute atomic E-state index is 0.0544. The van der Waals surface area contributed by atoms with E-state index in [0.29, 0.717) is 19.7 Å². The third kappa shape index (κ3) is 2.34. The van der Waals surface area contributed by atoms with E-state index in [-0.39, 0.29) is 5.69 Å². The van der Waals surface area contributed by atoms with Gasteiger partial charge in [-0.15, -0.1) is 0 Å². The number of para-hydroxylation sites is 2. The van der Waals surface area contributed by atoms with Crippen molar-refractivity contribution in [2.75, 3.05) is 13.2 Å². The lowest BCUT2D eigenvalue weighted by Gasteiger charge is -2.04. The number of ether oxygens (including phenoxy) is 1. The summed E-state index contributed by atoms with van der Waals surface area (Å²) in [5.41, 5.74) is 2.05. The van der Waals surface area contributed by atoms with Crippen molar-refractivity contribution in [3.8, 4) is 0 Å². The van der Waals surface area contributed by atoms with Gasteiger partial charge >= 0.3 is 5.69 Å². The Morgan fingerprint density at radius 3 is 2.33 bits per heavy atom. The van der Waals surface area contributed by atoms with Gasteiger partial charge in [0.05, 0.1) is 24.2 Å². The number of hydrogen-bond acceptors (Lipinski definition) is 2. The zero-order valence-electron chi connectivity index (χ0n) is 11.1. The SMILES string of the molecule is CCCOCCn1c(=O)n(CC)c2ccccc21. The van der Waals surface area contributed by atoms with Crippen LogP contribution in [0.3, 0.4) is 0 Å². The highest BCUT2D eigenvalue weighted by Crippen LogP contribution is 2.12. The van der Waals surface area contributed by atoms with Gasteiger partial charge in [0, 0.05) is 13.2 Å². The molecule has 0 radical (unpaired) electrons. The van der Waals surface area contributed by atoms with E-state index in [2.05, 4.69) is 6.92 Å². The summed E-state index contributed by atoms with van der Waals surface area (Å²) < 4.78 is 9.07. The summed E-state index contributed by atoms with van der Waals surface area (Å²) >= 11 is 0. The predicted molar refractivity (Wildman–Crippen MR) is 73.0 cm³/mol. The van der Waals surface area contributed by atoms with Crippen molar-refractivity contribution in [2.45, 2.75) is 33.4 Å². The fourth-order valence-corrected chi connectivity index (χ4v) is 2.20. The van der Waals surface area contributed by atoms with Gasteiger partial charge in [-0.05, 0) is 25.5 Å². The molecule has 4 heteroatoms. The van der Waals surface area contributed by atoms with Crippen LogP contribution in [0.2, 0.25) is 0 Å². The molecule has 0 spiro atoms. The van der Waals surface area contributed by atoms with E-state index < -0.39 is 0 Å². The first-order valence-electron chi connectivity index (χ1n) is 6.55. The monoisotopic (exact) mass is 248 g/mol. The number of aromatic nitrogens is 2. The maximum Gasteiger partial charge on any atom is 0.329 e. The van der Waals surface area contributed by atoms with Gasteiger partial charge in [0.25, 0.3) is 0 Å². The molecule has 0 N–H and O–H groups in total. The van der Waals surface area contributed by atoms with E-state index in [1.165, 1.54) is 0 Å². The Balaban J connectivity index is 2.32. The van der Waals surface area contributed by atoms with Crippen LogP contribution in [0, 0.1) is 0 Å². The summed E-state index contributed by atoms with van der Waals surface area (Å²) in [6.45, 7) is 6.72. The Labute approximate surface area is 107 Å². The summed E-state index contributed by atoms with van der Waals surface area (Å²) in [4.78, 5) is 12.3. The lowest BCUT2D eigenvalue weighted by Crippen LogP contribution is -2.25. The minimum atomic E-state index is 0.0544. The van der Waals surface area contributed by atoms with E-state index in [0.717, 1.165) is 24.1 Å². The molecule has 98 valence electrons. The first-order chi connectivity index (χ1) is 8.79. The highest BCUT2D eigenvalue weighted by atomic mass is 16.5. The topological polar surface area (TPSA) is 36.2 Å². The smallest absolute Gasteiger partial charge is 0.329 e. The maximum absolute atomic E-state index is 12.3. The zero-order valence-corrected chi connectivity index (χ0v) is 11.1. The van der Waals surface area contributed by atoms with Crippen LogP contribution in [-0.4, -0.2) is 22.3 Å². The molecule has 0 saturated carbocycles. The maximum atomic E-state index is 12.3. The van der Waals surface area contributed by atoms with E-state index in [9.17, 15) is 4.79 Å². The van der Waals surface area contributed by atoms with E-state index in [4.69, 9.17) is 4.74 Å². The highest BCUT2D eigenvalue weighted by Gasteiger charge is 2.10. The van der Waals surface area contributed by atoms with Crippen molar-refractivity contribution in [2.24, 2.45) is 0 Å². The normalized spacial score (nSPS) is 11.2. The average Bonchev–Trinajstić information content (AvgIpc) is 2.67. The standard InChI is InChI=1S/C14H20N2O2/c1-3-10-18-11-9-16-13-8-6-5-7-12(13)15(4-2)14(16)17/h5-8H,3-4,9-11H2,1-2H3. The number of fused-ring (bicyclic) bond motifs is 1. The van der Waals surface area contributed by atoms with Crippen molar-refractivity contribution in [3.05, 3.63) is 34.7 Å². The van der Waals surface area contributed by atoms with Crippen molar-refractivity contribution in [1.29, 1.82) is 0 Å². The summed E-state index contributed by atoms with van der Waals surface area (Å²) in [5.74, 6) is 0. The Kier molecular flexibility index (Phi) is 4.20. The summed E-state index contributed by atoms with van der Waals surface area (Å²) in [7, 11) is 0. The molecule has 0 aliphatic carbocycles. The molecule has 2 aromatic rings. The molecule has 0 aliphatic rings. The Morgan fingerprint density at radius 2 is 1.72 bits per heavy atom. The molecule has 18 heavy (non-hydrogen) atoms. The quantitative estimate of drug-likeness (QED) is 0.735.